The third kappa shape index (κ3) is 3.54. The molecule has 1 aromatic rings. The molecule has 19 heavy (non-hydrogen) atoms. The maximum Gasteiger partial charge on any atom is 0.126 e. The predicted octanol–water partition coefficient (Wildman–Crippen LogP) is 3.25. The second kappa shape index (κ2) is 6.02. The normalized spacial score (nSPS) is 25.7. The third-order valence-corrected chi connectivity index (χ3v) is 4.26. The molecule has 0 saturated carbocycles. The van der Waals surface area contributed by atoms with Gasteiger partial charge in [0, 0.05) is 25.2 Å². The molecular formula is C16H25FN2. The number of hydrogen-bond acceptors (Lipinski definition) is 2. The van der Waals surface area contributed by atoms with Gasteiger partial charge in [0.2, 0.25) is 0 Å². The average Bonchev–Trinajstić information content (AvgIpc) is 2.68. The smallest absolute Gasteiger partial charge is 0.126 e. The summed E-state index contributed by atoms with van der Waals surface area (Å²) in [6, 6.07) is 5.91. The summed E-state index contributed by atoms with van der Waals surface area (Å²) in [4.78, 5) is 2.50. The van der Waals surface area contributed by atoms with Gasteiger partial charge in [-0.15, -0.1) is 0 Å². The number of nitrogens with two attached hydrogens (primary N) is 1. The van der Waals surface area contributed by atoms with Gasteiger partial charge in [0.25, 0.3) is 0 Å². The first-order valence-corrected chi connectivity index (χ1v) is 7.23. The van der Waals surface area contributed by atoms with E-state index in [0.717, 1.165) is 31.0 Å². The SMILES string of the molecule is Cc1ccc(C(N)CCN2CC(C)CC2C)cc1F. The van der Waals surface area contributed by atoms with Crippen LogP contribution in [0.1, 0.15) is 43.9 Å². The van der Waals surface area contributed by atoms with Gasteiger partial charge in [0.1, 0.15) is 5.82 Å². The van der Waals surface area contributed by atoms with Gasteiger partial charge in [0.05, 0.1) is 0 Å². The number of benzene rings is 1. The minimum Gasteiger partial charge on any atom is -0.324 e. The molecule has 3 heteroatoms. The Morgan fingerprint density at radius 1 is 1.42 bits per heavy atom. The molecule has 1 saturated heterocycles. The Balaban J connectivity index is 1.90. The standard InChI is InChI=1S/C16H25FN2/c1-11-8-13(3)19(10-11)7-6-16(18)14-5-4-12(2)15(17)9-14/h4-5,9,11,13,16H,6-8,10,18H2,1-3H3. The van der Waals surface area contributed by atoms with Crippen molar-refractivity contribution in [2.75, 3.05) is 13.1 Å². The lowest BCUT2D eigenvalue weighted by atomic mass is 10.0. The van der Waals surface area contributed by atoms with E-state index in [9.17, 15) is 4.39 Å². The fourth-order valence-corrected chi connectivity index (χ4v) is 3.01. The number of aryl methyl sites for hydroxylation is 1. The minimum atomic E-state index is -0.156. The van der Waals surface area contributed by atoms with E-state index in [1.54, 1.807) is 13.0 Å². The lowest BCUT2D eigenvalue weighted by Crippen LogP contribution is -2.30. The van der Waals surface area contributed by atoms with Gasteiger partial charge in [-0.2, -0.15) is 0 Å². The van der Waals surface area contributed by atoms with Crippen molar-refractivity contribution in [2.45, 2.75) is 45.7 Å². The molecule has 1 aliphatic heterocycles. The molecule has 106 valence electrons. The summed E-state index contributed by atoms with van der Waals surface area (Å²) in [6.07, 6.45) is 2.16. The van der Waals surface area contributed by atoms with Crippen molar-refractivity contribution >= 4 is 0 Å². The zero-order valence-electron chi connectivity index (χ0n) is 12.2. The van der Waals surface area contributed by atoms with Crippen LogP contribution < -0.4 is 5.73 Å². The van der Waals surface area contributed by atoms with Gasteiger partial charge >= 0.3 is 0 Å². The summed E-state index contributed by atoms with van der Waals surface area (Å²) in [5, 5.41) is 0. The van der Waals surface area contributed by atoms with E-state index in [0.29, 0.717) is 11.6 Å². The lowest BCUT2D eigenvalue weighted by Gasteiger charge is -2.23. The topological polar surface area (TPSA) is 29.3 Å². The van der Waals surface area contributed by atoms with Crippen LogP contribution in [0.3, 0.4) is 0 Å². The van der Waals surface area contributed by atoms with E-state index in [1.807, 2.05) is 12.1 Å². The van der Waals surface area contributed by atoms with Gasteiger partial charge in [-0.3, -0.25) is 0 Å². The molecular weight excluding hydrogens is 239 g/mol. The van der Waals surface area contributed by atoms with Crippen LogP contribution in [0.4, 0.5) is 4.39 Å². The molecule has 0 radical (unpaired) electrons. The molecule has 3 atom stereocenters. The highest BCUT2D eigenvalue weighted by atomic mass is 19.1. The van der Waals surface area contributed by atoms with Crippen LogP contribution in [0.2, 0.25) is 0 Å². The van der Waals surface area contributed by atoms with E-state index in [1.165, 1.54) is 6.42 Å². The summed E-state index contributed by atoms with van der Waals surface area (Å²) in [5.74, 6) is 0.624. The molecule has 1 aliphatic rings. The highest BCUT2D eigenvalue weighted by molar-refractivity contribution is 5.25. The molecule has 1 aromatic carbocycles. The lowest BCUT2D eigenvalue weighted by molar-refractivity contribution is 0.255. The van der Waals surface area contributed by atoms with Gasteiger partial charge in [-0.1, -0.05) is 19.1 Å². The Hall–Kier alpha value is -0.930. The molecule has 2 N–H and O–H groups in total. The molecule has 0 spiro atoms. The zero-order chi connectivity index (χ0) is 14.0. The van der Waals surface area contributed by atoms with Crippen LogP contribution in [-0.4, -0.2) is 24.0 Å². The molecule has 2 rings (SSSR count). The Bertz CT molecular complexity index is 433. The van der Waals surface area contributed by atoms with E-state index in [2.05, 4.69) is 18.7 Å². The number of halogens is 1. The maximum absolute atomic E-state index is 13.5. The summed E-state index contributed by atoms with van der Waals surface area (Å²) in [7, 11) is 0. The minimum absolute atomic E-state index is 0.0711. The number of likely N-dealkylation sites (tertiary alicyclic amines) is 1. The van der Waals surface area contributed by atoms with Crippen LogP contribution in [-0.2, 0) is 0 Å². The molecule has 0 amide bonds. The van der Waals surface area contributed by atoms with Gasteiger partial charge in [-0.05, 0) is 49.8 Å². The fraction of sp³-hybridized carbons (Fsp3) is 0.625. The maximum atomic E-state index is 13.5. The molecule has 3 unspecified atom stereocenters. The Kier molecular flexibility index (Phi) is 4.58. The molecule has 1 heterocycles. The van der Waals surface area contributed by atoms with E-state index in [-0.39, 0.29) is 11.9 Å². The molecule has 0 aromatic heterocycles. The zero-order valence-corrected chi connectivity index (χ0v) is 12.2. The second-order valence-corrected chi connectivity index (χ2v) is 6.09. The van der Waals surface area contributed by atoms with Crippen LogP contribution in [0.5, 0.6) is 0 Å². The van der Waals surface area contributed by atoms with Gasteiger partial charge in [-0.25, -0.2) is 4.39 Å². The first-order chi connectivity index (χ1) is 8.97. The second-order valence-electron chi connectivity index (χ2n) is 6.09. The monoisotopic (exact) mass is 264 g/mol. The van der Waals surface area contributed by atoms with Crippen LogP contribution in [0.15, 0.2) is 18.2 Å². The van der Waals surface area contributed by atoms with E-state index < -0.39 is 0 Å². The number of rotatable bonds is 4. The van der Waals surface area contributed by atoms with Crippen molar-refractivity contribution in [2.24, 2.45) is 11.7 Å². The van der Waals surface area contributed by atoms with Gasteiger partial charge in [0.15, 0.2) is 0 Å². The van der Waals surface area contributed by atoms with Crippen molar-refractivity contribution in [1.29, 1.82) is 0 Å². The third-order valence-electron chi connectivity index (χ3n) is 4.26. The Morgan fingerprint density at radius 2 is 2.16 bits per heavy atom. The Labute approximate surface area is 115 Å². The highest BCUT2D eigenvalue weighted by Gasteiger charge is 2.25. The highest BCUT2D eigenvalue weighted by Crippen LogP contribution is 2.24. The average molecular weight is 264 g/mol. The molecule has 0 aliphatic carbocycles. The largest absolute Gasteiger partial charge is 0.324 e. The summed E-state index contributed by atoms with van der Waals surface area (Å²) >= 11 is 0. The fourth-order valence-electron chi connectivity index (χ4n) is 3.01. The van der Waals surface area contributed by atoms with Crippen molar-refractivity contribution in [3.8, 4) is 0 Å². The predicted molar refractivity (Wildman–Crippen MR) is 77.5 cm³/mol. The van der Waals surface area contributed by atoms with Crippen molar-refractivity contribution in [1.82, 2.24) is 4.90 Å². The summed E-state index contributed by atoms with van der Waals surface area (Å²) in [6.45, 7) is 8.52. The molecule has 2 nitrogen and oxygen atoms in total. The van der Waals surface area contributed by atoms with E-state index in [4.69, 9.17) is 5.73 Å². The van der Waals surface area contributed by atoms with Crippen molar-refractivity contribution in [3.63, 3.8) is 0 Å². The number of hydrogen-bond donors (Lipinski definition) is 1. The van der Waals surface area contributed by atoms with Crippen molar-refractivity contribution < 1.29 is 4.39 Å². The van der Waals surface area contributed by atoms with Crippen LogP contribution in [0.25, 0.3) is 0 Å². The van der Waals surface area contributed by atoms with Crippen LogP contribution >= 0.6 is 0 Å². The molecule has 1 fully saturated rings. The number of nitrogens with zero attached hydrogens (tertiary/aromatic N) is 1. The Morgan fingerprint density at radius 3 is 2.74 bits per heavy atom. The summed E-state index contributed by atoms with van der Waals surface area (Å²) < 4.78 is 13.5. The first-order valence-electron chi connectivity index (χ1n) is 7.23. The van der Waals surface area contributed by atoms with E-state index >= 15 is 0 Å². The van der Waals surface area contributed by atoms with Gasteiger partial charge < -0.3 is 10.6 Å². The molecule has 0 bridgehead atoms. The van der Waals surface area contributed by atoms with Crippen molar-refractivity contribution in [3.05, 3.63) is 35.1 Å². The quantitative estimate of drug-likeness (QED) is 0.904. The first kappa shape index (κ1) is 14.5. The summed E-state index contributed by atoms with van der Waals surface area (Å²) in [5.41, 5.74) is 7.76. The van der Waals surface area contributed by atoms with Crippen LogP contribution in [0, 0.1) is 18.7 Å².